The predicted octanol–water partition coefficient (Wildman–Crippen LogP) is 3.21. The maximum absolute atomic E-state index is 13.1. The highest BCUT2D eigenvalue weighted by Crippen LogP contribution is 2.30. The maximum Gasteiger partial charge on any atom is 0.573 e. The third kappa shape index (κ3) is 7.48. The average molecular weight is 553 g/mol. The van der Waals surface area contributed by atoms with Crippen LogP contribution in [0.25, 0.3) is 0 Å². The summed E-state index contributed by atoms with van der Waals surface area (Å²) in [5.41, 5.74) is -1.37. The lowest BCUT2D eigenvalue weighted by Gasteiger charge is -2.40. The molecule has 0 unspecified atom stereocenters. The quantitative estimate of drug-likeness (QED) is 0.509. The van der Waals surface area contributed by atoms with E-state index in [2.05, 4.69) is 10.1 Å². The number of alkyl halides is 3. The molecule has 198 valence electrons. The Balaban J connectivity index is 1.71. The number of nitrogens with one attached hydrogen (secondary N) is 1. The summed E-state index contributed by atoms with van der Waals surface area (Å²) >= 11 is 0. The minimum absolute atomic E-state index is 0.0269. The smallest absolute Gasteiger partial charge is 0.465 e. The molecule has 15 heteroatoms. The van der Waals surface area contributed by atoms with Crippen LogP contribution < -0.4 is 14.8 Å². The van der Waals surface area contributed by atoms with Gasteiger partial charge in [-0.15, -0.1) is 13.2 Å². The van der Waals surface area contributed by atoms with Crippen LogP contribution in [0.5, 0.6) is 17.2 Å². The van der Waals surface area contributed by atoms with Gasteiger partial charge in [0.1, 0.15) is 17.2 Å². The molecule has 1 heterocycles. The lowest BCUT2D eigenvalue weighted by molar-refractivity contribution is -0.274. The summed E-state index contributed by atoms with van der Waals surface area (Å²) in [6.45, 7) is -0.0670. The second-order valence-electron chi connectivity index (χ2n) is 8.22. The van der Waals surface area contributed by atoms with Crippen LogP contribution in [-0.2, 0) is 19.9 Å². The third-order valence-corrected chi connectivity index (χ3v) is 8.69. The zero-order valence-electron chi connectivity index (χ0n) is 18.9. The molecule has 1 aliphatic heterocycles. The summed E-state index contributed by atoms with van der Waals surface area (Å²) in [5.74, 6) is -0.617. The van der Waals surface area contributed by atoms with Crippen molar-refractivity contribution in [3.8, 4) is 17.2 Å². The van der Waals surface area contributed by atoms with Gasteiger partial charge in [-0.2, -0.15) is 0 Å². The molecule has 1 amide bonds. The Hall–Kier alpha value is -3.04. The minimum atomic E-state index is -4.83. The summed E-state index contributed by atoms with van der Waals surface area (Å²) < 4.78 is 96.9. The number of rotatable bonds is 8. The number of hydrogen-bond acceptors (Lipinski definition) is 7. The number of sulfonamides is 1. The van der Waals surface area contributed by atoms with E-state index in [1.807, 2.05) is 0 Å². The van der Waals surface area contributed by atoms with Gasteiger partial charge in [-0.1, -0.05) is 0 Å². The van der Waals surface area contributed by atoms with Crippen LogP contribution in [0.15, 0.2) is 53.4 Å². The van der Waals surface area contributed by atoms with E-state index < -0.39 is 49.4 Å². The van der Waals surface area contributed by atoms with Crippen LogP contribution in [0, 0.1) is 0 Å². The monoisotopic (exact) mass is 552 g/mol. The Kier molecular flexibility index (Phi) is 7.76. The highest BCUT2D eigenvalue weighted by atomic mass is 32.2. The first kappa shape index (κ1) is 27.5. The summed E-state index contributed by atoms with van der Waals surface area (Å²) in [6.07, 6.45) is -5.28. The molecule has 0 radical (unpaired) electrons. The Morgan fingerprint density at radius 1 is 0.972 bits per heavy atom. The van der Waals surface area contributed by atoms with E-state index in [9.17, 15) is 39.9 Å². The SMILES string of the molecule is CS(=O)(=O)N1CCC(CS(=O)(=O)c2ccc(Oc3ccc(OC(F)(F)F)cc3)cc2)(NC(=O)O)CC1. The number of halogens is 3. The number of amides is 1. The first-order valence-corrected chi connectivity index (χ1v) is 13.9. The Labute approximate surface area is 205 Å². The fourth-order valence-corrected chi connectivity index (χ4v) is 6.44. The average Bonchev–Trinajstić information content (AvgIpc) is 2.73. The molecule has 2 aromatic carbocycles. The number of benzene rings is 2. The molecule has 3 rings (SSSR count). The molecule has 1 saturated heterocycles. The molecular formula is C21H23F3N2O8S2. The normalized spacial score (nSPS) is 16.8. The fourth-order valence-electron chi connectivity index (χ4n) is 3.79. The van der Waals surface area contributed by atoms with Gasteiger partial charge in [0.15, 0.2) is 9.84 Å². The molecule has 1 fully saturated rings. The van der Waals surface area contributed by atoms with Crippen molar-refractivity contribution in [1.82, 2.24) is 9.62 Å². The van der Waals surface area contributed by atoms with Gasteiger partial charge in [0.05, 0.1) is 22.4 Å². The molecule has 1 aliphatic rings. The maximum atomic E-state index is 13.1. The molecular weight excluding hydrogens is 529 g/mol. The Morgan fingerprint density at radius 2 is 1.44 bits per heavy atom. The highest BCUT2D eigenvalue weighted by Gasteiger charge is 2.42. The van der Waals surface area contributed by atoms with Crippen molar-refractivity contribution < 1.29 is 49.4 Å². The lowest BCUT2D eigenvalue weighted by atomic mass is 9.90. The lowest BCUT2D eigenvalue weighted by Crippen LogP contribution is -2.59. The zero-order chi connectivity index (χ0) is 26.8. The highest BCUT2D eigenvalue weighted by molar-refractivity contribution is 7.91. The minimum Gasteiger partial charge on any atom is -0.465 e. The van der Waals surface area contributed by atoms with Crippen LogP contribution >= 0.6 is 0 Å². The fraction of sp³-hybridized carbons (Fsp3) is 0.381. The van der Waals surface area contributed by atoms with E-state index >= 15 is 0 Å². The summed E-state index contributed by atoms with van der Waals surface area (Å²) in [5, 5.41) is 11.5. The van der Waals surface area contributed by atoms with Gasteiger partial charge in [0.2, 0.25) is 10.0 Å². The van der Waals surface area contributed by atoms with Gasteiger partial charge < -0.3 is 19.9 Å². The second-order valence-corrected chi connectivity index (χ2v) is 12.2. The molecule has 0 aliphatic carbocycles. The molecule has 0 saturated carbocycles. The number of sulfone groups is 1. The van der Waals surface area contributed by atoms with E-state index in [0.29, 0.717) is 0 Å². The van der Waals surface area contributed by atoms with Crippen LogP contribution in [-0.4, -0.2) is 69.3 Å². The van der Waals surface area contributed by atoms with E-state index in [-0.39, 0.29) is 42.3 Å². The first-order valence-electron chi connectivity index (χ1n) is 10.4. The van der Waals surface area contributed by atoms with Gasteiger partial charge in [-0.25, -0.2) is 25.9 Å². The van der Waals surface area contributed by atoms with Crippen molar-refractivity contribution in [3.63, 3.8) is 0 Å². The zero-order valence-corrected chi connectivity index (χ0v) is 20.5. The second kappa shape index (κ2) is 10.1. The summed E-state index contributed by atoms with van der Waals surface area (Å²) in [6, 6.07) is 9.81. The largest absolute Gasteiger partial charge is 0.573 e. The van der Waals surface area contributed by atoms with Crippen molar-refractivity contribution in [3.05, 3.63) is 48.5 Å². The molecule has 0 atom stereocenters. The van der Waals surface area contributed by atoms with Gasteiger partial charge in [-0.05, 0) is 61.4 Å². The molecule has 2 aromatic rings. The van der Waals surface area contributed by atoms with Gasteiger partial charge in [-0.3, -0.25) is 0 Å². The number of ether oxygens (including phenoxy) is 2. The number of hydrogen-bond donors (Lipinski definition) is 2. The molecule has 10 nitrogen and oxygen atoms in total. The molecule has 0 spiro atoms. The molecule has 0 aromatic heterocycles. The Morgan fingerprint density at radius 3 is 1.89 bits per heavy atom. The van der Waals surface area contributed by atoms with Crippen molar-refractivity contribution >= 4 is 26.0 Å². The third-order valence-electron chi connectivity index (χ3n) is 5.46. The number of piperidine rings is 1. The molecule has 0 bridgehead atoms. The first-order chi connectivity index (χ1) is 16.6. The van der Waals surface area contributed by atoms with Gasteiger partial charge in [0, 0.05) is 13.1 Å². The van der Waals surface area contributed by atoms with Gasteiger partial charge >= 0.3 is 12.5 Å². The molecule has 2 N–H and O–H groups in total. The van der Waals surface area contributed by atoms with E-state index in [0.717, 1.165) is 22.7 Å². The van der Waals surface area contributed by atoms with E-state index in [1.165, 1.54) is 36.4 Å². The van der Waals surface area contributed by atoms with Crippen LogP contribution in [0.1, 0.15) is 12.8 Å². The van der Waals surface area contributed by atoms with Crippen molar-refractivity contribution in [2.45, 2.75) is 29.6 Å². The van der Waals surface area contributed by atoms with E-state index in [4.69, 9.17) is 4.74 Å². The van der Waals surface area contributed by atoms with E-state index in [1.54, 1.807) is 0 Å². The van der Waals surface area contributed by atoms with Crippen molar-refractivity contribution in [2.75, 3.05) is 25.1 Å². The van der Waals surface area contributed by atoms with Crippen LogP contribution in [0.2, 0.25) is 0 Å². The molecule has 36 heavy (non-hydrogen) atoms. The van der Waals surface area contributed by atoms with Crippen LogP contribution in [0.4, 0.5) is 18.0 Å². The predicted molar refractivity (Wildman–Crippen MR) is 121 cm³/mol. The van der Waals surface area contributed by atoms with Crippen molar-refractivity contribution in [2.24, 2.45) is 0 Å². The number of carboxylic acid groups (broad SMARTS) is 1. The standard InChI is InChI=1S/C21H23F3N2O8S2/c1-35(29,30)26-12-10-20(11-13-26,25-19(27)28)14-36(31,32)18-8-6-16(7-9-18)33-15-2-4-17(5-3-15)34-21(22,23)24/h2-9,25H,10-14H2,1H3,(H,27,28). The summed E-state index contributed by atoms with van der Waals surface area (Å²) in [4.78, 5) is 11.3. The number of carbonyl (C=O) groups is 1. The van der Waals surface area contributed by atoms with Crippen LogP contribution in [0.3, 0.4) is 0 Å². The van der Waals surface area contributed by atoms with Gasteiger partial charge in [0.25, 0.3) is 0 Å². The Bertz CT molecular complexity index is 1290. The summed E-state index contributed by atoms with van der Waals surface area (Å²) in [7, 11) is -7.51. The van der Waals surface area contributed by atoms with Crippen molar-refractivity contribution in [1.29, 1.82) is 0 Å². The topological polar surface area (TPSA) is 139 Å². The number of nitrogens with zero attached hydrogens (tertiary/aromatic N) is 1.